The van der Waals surface area contributed by atoms with Crippen molar-refractivity contribution in [1.82, 2.24) is 0 Å². The molecule has 0 N–H and O–H groups in total. The Morgan fingerprint density at radius 2 is 1.53 bits per heavy atom. The van der Waals surface area contributed by atoms with Crippen LogP contribution in [-0.4, -0.2) is 12.1 Å². The molecule has 100 valence electrons. The first kappa shape index (κ1) is 16.2. The maximum Gasteiger partial charge on any atom is 0.333 e. The fourth-order valence-corrected chi connectivity index (χ4v) is 1.43. The van der Waals surface area contributed by atoms with Crippen LogP contribution in [0.3, 0.4) is 0 Å². The average Bonchev–Trinajstić information content (AvgIpc) is 2.16. The van der Waals surface area contributed by atoms with Gasteiger partial charge in [-0.25, -0.2) is 4.79 Å². The summed E-state index contributed by atoms with van der Waals surface area (Å²) in [5.74, 6) is -0.234. The van der Waals surface area contributed by atoms with Crippen molar-refractivity contribution >= 4 is 5.97 Å². The van der Waals surface area contributed by atoms with Crippen LogP contribution < -0.4 is 0 Å². The molecule has 1 aliphatic carbocycles. The van der Waals surface area contributed by atoms with E-state index in [4.69, 9.17) is 4.74 Å². The van der Waals surface area contributed by atoms with Gasteiger partial charge in [-0.15, -0.1) is 0 Å². The Bertz CT molecular complexity index is 236. The molecule has 0 spiro atoms. The molecule has 0 aromatic carbocycles. The lowest BCUT2D eigenvalue weighted by atomic mass is 9.98. The highest BCUT2D eigenvalue weighted by molar-refractivity contribution is 5.87. The molecule has 0 unspecified atom stereocenters. The number of carbonyl (C=O) groups excluding carboxylic acids is 1. The minimum absolute atomic E-state index is 0.156. The third-order valence-electron chi connectivity index (χ3n) is 2.17. The molecule has 0 bridgehead atoms. The van der Waals surface area contributed by atoms with Gasteiger partial charge in [0, 0.05) is 5.57 Å². The summed E-state index contributed by atoms with van der Waals surface area (Å²) < 4.78 is 5.21. The Labute approximate surface area is 106 Å². The van der Waals surface area contributed by atoms with E-state index >= 15 is 0 Å². The molecule has 0 aromatic rings. The molecule has 0 saturated heterocycles. The lowest BCUT2D eigenvalue weighted by Gasteiger charge is -2.21. The van der Waals surface area contributed by atoms with Crippen LogP contribution in [-0.2, 0) is 9.53 Å². The zero-order valence-corrected chi connectivity index (χ0v) is 12.1. The van der Waals surface area contributed by atoms with Crippen LogP contribution >= 0.6 is 0 Å². The van der Waals surface area contributed by atoms with E-state index in [1.165, 1.54) is 19.3 Å². The summed E-state index contributed by atoms with van der Waals surface area (Å²) in [5, 5.41) is 0. The average molecular weight is 240 g/mol. The van der Waals surface area contributed by atoms with E-state index in [0.717, 1.165) is 12.8 Å². The Morgan fingerprint density at radius 1 is 1.12 bits per heavy atom. The summed E-state index contributed by atoms with van der Waals surface area (Å²) in [7, 11) is 0. The molecule has 0 aliphatic heterocycles. The smallest absolute Gasteiger partial charge is 0.333 e. The molecule has 0 aromatic heterocycles. The molecule has 0 atom stereocenters. The van der Waals surface area contributed by atoms with Gasteiger partial charge in [-0.1, -0.05) is 40.7 Å². The van der Waals surface area contributed by atoms with Crippen molar-refractivity contribution in [3.63, 3.8) is 0 Å². The monoisotopic (exact) mass is 240 g/mol. The topological polar surface area (TPSA) is 26.3 Å². The van der Waals surface area contributed by atoms with Crippen LogP contribution in [0.25, 0.3) is 0 Å². The van der Waals surface area contributed by atoms with Gasteiger partial charge in [0.15, 0.2) is 0 Å². The highest BCUT2D eigenvalue weighted by Crippen LogP contribution is 2.20. The van der Waals surface area contributed by atoms with Crippen molar-refractivity contribution in [1.29, 1.82) is 0 Å². The largest absolute Gasteiger partial charge is 0.459 e. The van der Waals surface area contributed by atoms with Crippen molar-refractivity contribution in [2.45, 2.75) is 72.8 Å². The summed E-state index contributed by atoms with van der Waals surface area (Å²) in [5.41, 5.74) is 1.00. The van der Waals surface area contributed by atoms with E-state index < -0.39 is 0 Å². The second-order valence-corrected chi connectivity index (χ2v) is 6.45. The summed E-state index contributed by atoms with van der Waals surface area (Å²) in [4.78, 5) is 11.1. The molecule has 0 radical (unpaired) electrons. The van der Waals surface area contributed by atoms with Gasteiger partial charge >= 0.3 is 5.97 Å². The zero-order chi connectivity index (χ0) is 13.5. The molecular formula is C15H28O2. The second kappa shape index (κ2) is 7.52. The van der Waals surface area contributed by atoms with Crippen LogP contribution in [0, 0.1) is 5.41 Å². The van der Waals surface area contributed by atoms with E-state index in [9.17, 15) is 4.79 Å². The summed E-state index contributed by atoms with van der Waals surface area (Å²) in [6.07, 6.45) is 5.87. The minimum atomic E-state index is -0.234. The van der Waals surface area contributed by atoms with Gasteiger partial charge in [0.1, 0.15) is 6.10 Å². The van der Waals surface area contributed by atoms with Crippen molar-refractivity contribution in [2.24, 2.45) is 5.41 Å². The number of hydrogen-bond acceptors (Lipinski definition) is 2. The third-order valence-corrected chi connectivity index (χ3v) is 2.17. The Kier molecular flexibility index (Phi) is 7.17. The maximum atomic E-state index is 11.1. The highest BCUT2D eigenvalue weighted by atomic mass is 16.5. The minimum Gasteiger partial charge on any atom is -0.459 e. The second-order valence-electron chi connectivity index (χ2n) is 6.45. The lowest BCUT2D eigenvalue weighted by Crippen LogP contribution is -2.20. The highest BCUT2D eigenvalue weighted by Gasteiger charge is 2.17. The third kappa shape index (κ3) is 11.5. The van der Waals surface area contributed by atoms with Crippen molar-refractivity contribution in [2.75, 3.05) is 0 Å². The van der Waals surface area contributed by atoms with E-state index in [0.29, 0.717) is 11.0 Å². The van der Waals surface area contributed by atoms with E-state index in [-0.39, 0.29) is 12.1 Å². The van der Waals surface area contributed by atoms with E-state index in [2.05, 4.69) is 34.3 Å². The van der Waals surface area contributed by atoms with Crippen molar-refractivity contribution < 1.29 is 9.53 Å². The molecule has 1 fully saturated rings. The van der Waals surface area contributed by atoms with Gasteiger partial charge in [-0.05, 0) is 38.0 Å². The summed E-state index contributed by atoms with van der Waals surface area (Å²) in [6, 6.07) is 0. The Balaban J connectivity index is 0.000000437. The van der Waals surface area contributed by atoms with Gasteiger partial charge in [0.2, 0.25) is 0 Å². The van der Waals surface area contributed by atoms with Gasteiger partial charge in [0.05, 0.1) is 0 Å². The Morgan fingerprint density at radius 3 is 1.88 bits per heavy atom. The number of rotatable bonds is 2. The standard InChI is InChI=1S/C10H16O2.C5H12/c1-8(2)10(11)12-9-6-4-3-5-7-9;1-5(2,3)4/h9H,1,3-7H2,2H3;1-4H3. The normalized spacial score (nSPS) is 16.8. The first-order chi connectivity index (χ1) is 7.70. The SMILES string of the molecule is C=C(C)C(=O)OC1CCCCC1.CC(C)(C)C. The number of esters is 1. The molecule has 17 heavy (non-hydrogen) atoms. The van der Waals surface area contributed by atoms with Crippen molar-refractivity contribution in [3.8, 4) is 0 Å². The predicted octanol–water partition coefficient (Wildman–Crippen LogP) is 4.49. The predicted molar refractivity (Wildman–Crippen MR) is 72.9 cm³/mol. The van der Waals surface area contributed by atoms with Crippen LogP contribution in [0.5, 0.6) is 0 Å². The fraction of sp³-hybridized carbons (Fsp3) is 0.800. The van der Waals surface area contributed by atoms with Gasteiger partial charge < -0.3 is 4.74 Å². The van der Waals surface area contributed by atoms with E-state index in [1.807, 2.05) is 0 Å². The quantitative estimate of drug-likeness (QED) is 0.525. The summed E-state index contributed by atoms with van der Waals surface area (Å²) >= 11 is 0. The van der Waals surface area contributed by atoms with Gasteiger partial charge in [-0.3, -0.25) is 0 Å². The number of hydrogen-bond donors (Lipinski definition) is 0. The fourth-order valence-electron chi connectivity index (χ4n) is 1.43. The first-order valence-corrected chi connectivity index (χ1v) is 6.56. The molecular weight excluding hydrogens is 212 g/mol. The first-order valence-electron chi connectivity index (χ1n) is 6.56. The molecule has 0 amide bonds. The molecule has 1 saturated carbocycles. The Hall–Kier alpha value is -0.790. The zero-order valence-electron chi connectivity index (χ0n) is 12.1. The lowest BCUT2D eigenvalue weighted by molar-refractivity contribution is -0.145. The van der Waals surface area contributed by atoms with Crippen LogP contribution in [0.4, 0.5) is 0 Å². The van der Waals surface area contributed by atoms with Crippen LogP contribution in [0.2, 0.25) is 0 Å². The number of carbonyl (C=O) groups is 1. The molecule has 0 heterocycles. The van der Waals surface area contributed by atoms with Gasteiger partial charge in [0.25, 0.3) is 0 Å². The maximum absolute atomic E-state index is 11.1. The molecule has 1 rings (SSSR count). The van der Waals surface area contributed by atoms with Crippen LogP contribution in [0.15, 0.2) is 12.2 Å². The van der Waals surface area contributed by atoms with Crippen molar-refractivity contribution in [3.05, 3.63) is 12.2 Å². The molecule has 1 aliphatic rings. The molecule has 2 heteroatoms. The van der Waals surface area contributed by atoms with Gasteiger partial charge in [-0.2, -0.15) is 0 Å². The summed E-state index contributed by atoms with van der Waals surface area (Å²) in [6.45, 7) is 14.0. The molecule has 2 nitrogen and oxygen atoms in total. The number of ether oxygens (including phenoxy) is 1. The van der Waals surface area contributed by atoms with E-state index in [1.54, 1.807) is 6.92 Å². The van der Waals surface area contributed by atoms with Crippen LogP contribution in [0.1, 0.15) is 66.7 Å².